The van der Waals surface area contributed by atoms with E-state index in [1.54, 1.807) is 6.92 Å². The van der Waals surface area contributed by atoms with Crippen molar-refractivity contribution in [1.82, 2.24) is 0 Å². The molecule has 0 aliphatic carbocycles. The summed E-state index contributed by atoms with van der Waals surface area (Å²) in [6.07, 6.45) is 0. The lowest BCUT2D eigenvalue weighted by molar-refractivity contribution is -0.110. The molecule has 4 aromatic rings. The Labute approximate surface area is 225 Å². The Morgan fingerprint density at radius 1 is 0.811 bits per heavy atom. The van der Waals surface area contributed by atoms with E-state index >= 15 is 0 Å². The molecule has 182 valence electrons. The number of para-hydroxylation sites is 1. The fraction of sp³-hybridized carbons (Fsp3) is 0.100. The van der Waals surface area contributed by atoms with Crippen LogP contribution in [0.2, 0.25) is 5.02 Å². The van der Waals surface area contributed by atoms with Gasteiger partial charge in [-0.25, -0.2) is 10.0 Å². The van der Waals surface area contributed by atoms with Gasteiger partial charge in [0.2, 0.25) is 4.99 Å². The molecular weight excluding hydrogens is 500 g/mol. The van der Waals surface area contributed by atoms with Gasteiger partial charge in [-0.15, -0.1) is 0 Å². The van der Waals surface area contributed by atoms with Gasteiger partial charge in [0.15, 0.2) is 10.8 Å². The number of ketones is 1. The highest BCUT2D eigenvalue weighted by molar-refractivity contribution is 8.17. The van der Waals surface area contributed by atoms with Crippen LogP contribution >= 0.6 is 23.4 Å². The zero-order chi connectivity index (χ0) is 25.6. The number of hydrazone groups is 2. The maximum absolute atomic E-state index is 12.8. The Kier molecular flexibility index (Phi) is 5.86. The van der Waals surface area contributed by atoms with Gasteiger partial charge < -0.3 is 0 Å². The first kappa shape index (κ1) is 23.5. The summed E-state index contributed by atoms with van der Waals surface area (Å²) in [6.45, 7) is 3.52. The third kappa shape index (κ3) is 3.76. The minimum Gasteiger partial charge on any atom is -0.292 e. The van der Waals surface area contributed by atoms with E-state index in [1.807, 2.05) is 95.8 Å². The zero-order valence-corrected chi connectivity index (χ0v) is 21.9. The number of hydrogen-bond donors (Lipinski definition) is 0. The summed E-state index contributed by atoms with van der Waals surface area (Å²) in [5, 5.41) is 15.1. The number of halogens is 1. The molecule has 0 saturated heterocycles. The first-order chi connectivity index (χ1) is 18.0. The average Bonchev–Trinajstić information content (AvgIpc) is 3.33. The molecule has 2 heterocycles. The fourth-order valence-corrected chi connectivity index (χ4v) is 6.22. The van der Waals surface area contributed by atoms with Gasteiger partial charge in [0.05, 0.1) is 17.1 Å². The summed E-state index contributed by atoms with van der Waals surface area (Å²) < 4.78 is 0. The van der Waals surface area contributed by atoms with E-state index in [0.29, 0.717) is 10.1 Å². The molecule has 7 heteroatoms. The van der Waals surface area contributed by atoms with Gasteiger partial charge >= 0.3 is 0 Å². The Morgan fingerprint density at radius 2 is 1.49 bits per heavy atom. The number of hydrogen-bond acceptors (Lipinski definition) is 6. The topological polar surface area (TPSA) is 48.3 Å². The third-order valence-corrected chi connectivity index (χ3v) is 8.38. The Bertz CT molecular complexity index is 1570. The lowest BCUT2D eigenvalue weighted by atomic mass is 9.93. The van der Waals surface area contributed by atoms with Crippen molar-refractivity contribution >= 4 is 51.3 Å². The molecule has 0 unspecified atom stereocenters. The van der Waals surface area contributed by atoms with Crippen LogP contribution in [0.5, 0.6) is 0 Å². The van der Waals surface area contributed by atoms with Crippen LogP contribution in [-0.4, -0.2) is 16.5 Å². The normalized spacial score (nSPS) is 18.5. The SMILES string of the molecule is CC(=O)C1=NN(c2cccc(Cl)c2C)[C@]2(S1)c1ccccc1C(c1ccccc1)=NN2c1ccccc1. The summed E-state index contributed by atoms with van der Waals surface area (Å²) in [7, 11) is 0. The molecule has 1 spiro atoms. The number of nitrogens with zero attached hydrogens (tertiary/aromatic N) is 4. The van der Waals surface area contributed by atoms with Crippen molar-refractivity contribution in [2.75, 3.05) is 10.0 Å². The number of fused-ring (bicyclic) bond motifs is 2. The fourth-order valence-electron chi connectivity index (χ4n) is 4.76. The molecule has 6 rings (SSSR count). The Morgan fingerprint density at radius 3 is 2.22 bits per heavy atom. The second kappa shape index (κ2) is 9.21. The van der Waals surface area contributed by atoms with Gasteiger partial charge in [-0.05, 0) is 48.5 Å². The molecule has 1 atom stereocenters. The summed E-state index contributed by atoms with van der Waals surface area (Å²) in [6, 6.07) is 34.1. The molecule has 0 saturated carbocycles. The highest BCUT2D eigenvalue weighted by Crippen LogP contribution is 2.55. The van der Waals surface area contributed by atoms with Crippen LogP contribution < -0.4 is 10.0 Å². The van der Waals surface area contributed by atoms with Crippen LogP contribution in [0.1, 0.15) is 29.2 Å². The van der Waals surface area contributed by atoms with Gasteiger partial charge in [-0.3, -0.25) is 4.79 Å². The van der Waals surface area contributed by atoms with Crippen LogP contribution in [0.3, 0.4) is 0 Å². The van der Waals surface area contributed by atoms with E-state index in [0.717, 1.165) is 39.3 Å². The van der Waals surface area contributed by atoms with Crippen LogP contribution in [0, 0.1) is 6.92 Å². The standard InChI is InChI=1S/C30H23ClN4OS/c1-20-26(31)18-11-19-27(20)35-30(37-29(33-35)21(2)36)25-17-10-9-16-24(25)28(22-12-5-3-6-13-22)32-34(30)23-14-7-4-8-15-23/h3-19H,1-2H3/t30-/m0/s1. The quantitative estimate of drug-likeness (QED) is 0.284. The first-order valence-electron chi connectivity index (χ1n) is 11.9. The van der Waals surface area contributed by atoms with Gasteiger partial charge in [0, 0.05) is 28.6 Å². The van der Waals surface area contributed by atoms with E-state index in [2.05, 4.69) is 24.3 Å². The average molecular weight is 523 g/mol. The molecule has 0 bridgehead atoms. The summed E-state index contributed by atoms with van der Waals surface area (Å²) in [4.78, 5) is 11.8. The van der Waals surface area contributed by atoms with Crippen molar-refractivity contribution in [3.63, 3.8) is 0 Å². The van der Waals surface area contributed by atoms with Crippen molar-refractivity contribution < 1.29 is 4.79 Å². The molecule has 0 amide bonds. The van der Waals surface area contributed by atoms with Gasteiger partial charge in [0.1, 0.15) is 0 Å². The van der Waals surface area contributed by atoms with E-state index in [9.17, 15) is 4.79 Å². The largest absolute Gasteiger partial charge is 0.292 e. The van der Waals surface area contributed by atoms with Crippen molar-refractivity contribution in [3.05, 3.63) is 130 Å². The lowest BCUT2D eigenvalue weighted by Crippen LogP contribution is -2.54. The second-order valence-electron chi connectivity index (χ2n) is 8.87. The second-order valence-corrected chi connectivity index (χ2v) is 10.4. The molecule has 2 aliphatic heterocycles. The zero-order valence-electron chi connectivity index (χ0n) is 20.3. The number of carbonyl (C=O) groups is 1. The molecule has 0 fully saturated rings. The summed E-state index contributed by atoms with van der Waals surface area (Å²) >= 11 is 7.99. The van der Waals surface area contributed by atoms with Crippen molar-refractivity contribution in [2.24, 2.45) is 10.2 Å². The molecule has 5 nitrogen and oxygen atoms in total. The Hall–Kier alpha value is -3.87. The van der Waals surface area contributed by atoms with Crippen LogP contribution in [0.25, 0.3) is 0 Å². The number of benzene rings is 4. The molecule has 37 heavy (non-hydrogen) atoms. The molecule has 2 aliphatic rings. The number of carbonyl (C=O) groups excluding carboxylic acids is 1. The minimum atomic E-state index is -0.993. The third-order valence-electron chi connectivity index (χ3n) is 6.55. The number of thioether (sulfide) groups is 1. The van der Waals surface area contributed by atoms with Gasteiger partial charge in [0.25, 0.3) is 0 Å². The maximum atomic E-state index is 12.8. The summed E-state index contributed by atoms with van der Waals surface area (Å²) in [5.41, 5.74) is 6.39. The van der Waals surface area contributed by atoms with E-state index < -0.39 is 4.99 Å². The van der Waals surface area contributed by atoms with E-state index in [4.69, 9.17) is 21.8 Å². The molecule has 4 aromatic carbocycles. The predicted octanol–water partition coefficient (Wildman–Crippen LogP) is 7.19. The van der Waals surface area contributed by atoms with Gasteiger partial charge in [-0.2, -0.15) is 10.2 Å². The highest BCUT2D eigenvalue weighted by Gasteiger charge is 2.56. The Balaban J connectivity index is 1.69. The van der Waals surface area contributed by atoms with Crippen LogP contribution in [0.15, 0.2) is 113 Å². The van der Waals surface area contributed by atoms with E-state index in [-0.39, 0.29) is 5.78 Å². The smallest absolute Gasteiger partial charge is 0.234 e. The number of Topliss-reactive ketones (excluding diaryl/α,β-unsaturated/α-hetero) is 1. The van der Waals surface area contributed by atoms with Crippen molar-refractivity contribution in [3.8, 4) is 0 Å². The molecule has 0 radical (unpaired) electrons. The first-order valence-corrected chi connectivity index (χ1v) is 13.1. The molecule has 0 N–H and O–H groups in total. The molecule has 0 aromatic heterocycles. The number of anilines is 2. The maximum Gasteiger partial charge on any atom is 0.234 e. The van der Waals surface area contributed by atoms with Crippen molar-refractivity contribution in [1.29, 1.82) is 0 Å². The van der Waals surface area contributed by atoms with Gasteiger partial charge in [-0.1, -0.05) is 90.5 Å². The monoisotopic (exact) mass is 522 g/mol. The van der Waals surface area contributed by atoms with Crippen molar-refractivity contribution in [2.45, 2.75) is 18.8 Å². The lowest BCUT2D eigenvalue weighted by Gasteiger charge is -2.47. The predicted molar refractivity (Wildman–Crippen MR) is 153 cm³/mol. The number of rotatable bonds is 4. The van der Waals surface area contributed by atoms with Crippen LogP contribution in [-0.2, 0) is 9.79 Å². The van der Waals surface area contributed by atoms with Crippen LogP contribution in [0.4, 0.5) is 11.4 Å². The van der Waals surface area contributed by atoms with E-state index in [1.165, 1.54) is 11.8 Å². The molecular formula is C30H23ClN4OS. The highest BCUT2D eigenvalue weighted by atomic mass is 35.5. The minimum absolute atomic E-state index is 0.102. The summed E-state index contributed by atoms with van der Waals surface area (Å²) in [5.74, 6) is -0.102.